The van der Waals surface area contributed by atoms with Crippen molar-refractivity contribution in [3.63, 3.8) is 0 Å². The van der Waals surface area contributed by atoms with Gasteiger partial charge in [0.05, 0.1) is 12.0 Å². The van der Waals surface area contributed by atoms with Crippen LogP contribution in [-0.4, -0.2) is 23.1 Å². The molecule has 2 fully saturated rings. The fraction of sp³-hybridized carbons (Fsp3) is 0.600. The number of carboxylic acid groups (broad SMARTS) is 1. The van der Waals surface area contributed by atoms with Gasteiger partial charge in [0.2, 0.25) is 5.91 Å². The molecule has 2 aliphatic rings. The zero-order valence-corrected chi connectivity index (χ0v) is 14.6. The molecular weight excluding hydrogens is 318 g/mol. The second-order valence-corrected chi connectivity index (χ2v) is 7.28. The van der Waals surface area contributed by atoms with Crippen molar-refractivity contribution in [3.8, 4) is 5.75 Å². The van der Waals surface area contributed by atoms with Crippen LogP contribution in [0.1, 0.15) is 56.9 Å². The fourth-order valence-electron chi connectivity index (χ4n) is 3.84. The average molecular weight is 345 g/mol. The summed E-state index contributed by atoms with van der Waals surface area (Å²) in [5, 5.41) is 11.9. The molecule has 5 heteroatoms. The fourth-order valence-corrected chi connectivity index (χ4v) is 3.84. The van der Waals surface area contributed by atoms with Crippen molar-refractivity contribution in [2.24, 2.45) is 11.8 Å². The second-order valence-electron chi connectivity index (χ2n) is 7.28. The normalized spacial score (nSPS) is 24.0. The number of hydrogen-bond donors (Lipinski definition) is 2. The second kappa shape index (κ2) is 8.37. The minimum atomic E-state index is -0.788. The van der Waals surface area contributed by atoms with Crippen LogP contribution in [-0.2, 0) is 16.1 Å². The standard InChI is InChI=1S/C20H27NO4/c22-19(15-8-9-16(12-15)20(23)24)21-13-14-6-10-18(11-7-14)25-17-4-2-1-3-5-17/h6-7,10-11,15-17H,1-5,8-9,12-13H2,(H,21,22)(H,23,24)/t15-,16+/m0/s1. The zero-order valence-electron chi connectivity index (χ0n) is 14.6. The van der Waals surface area contributed by atoms with Gasteiger partial charge in [0, 0.05) is 12.5 Å². The number of carboxylic acids is 1. The van der Waals surface area contributed by atoms with E-state index < -0.39 is 5.97 Å². The molecule has 0 bridgehead atoms. The first-order valence-electron chi connectivity index (χ1n) is 9.38. The van der Waals surface area contributed by atoms with Crippen LogP contribution in [0, 0.1) is 11.8 Å². The highest BCUT2D eigenvalue weighted by Gasteiger charge is 2.33. The van der Waals surface area contributed by atoms with Crippen molar-refractivity contribution in [3.05, 3.63) is 29.8 Å². The van der Waals surface area contributed by atoms with E-state index in [-0.39, 0.29) is 17.7 Å². The Balaban J connectivity index is 1.44. The van der Waals surface area contributed by atoms with E-state index in [4.69, 9.17) is 9.84 Å². The monoisotopic (exact) mass is 345 g/mol. The molecule has 0 aromatic heterocycles. The topological polar surface area (TPSA) is 75.6 Å². The molecule has 1 aromatic carbocycles. The quantitative estimate of drug-likeness (QED) is 0.827. The molecule has 1 amide bonds. The highest BCUT2D eigenvalue weighted by atomic mass is 16.5. The van der Waals surface area contributed by atoms with E-state index in [0.29, 0.717) is 31.9 Å². The molecule has 2 aliphatic carbocycles. The van der Waals surface area contributed by atoms with Gasteiger partial charge in [-0.15, -0.1) is 0 Å². The number of amides is 1. The van der Waals surface area contributed by atoms with Gasteiger partial charge in [-0.1, -0.05) is 18.6 Å². The third kappa shape index (κ3) is 4.97. The average Bonchev–Trinajstić information content (AvgIpc) is 3.12. The number of hydrogen-bond acceptors (Lipinski definition) is 3. The van der Waals surface area contributed by atoms with Crippen molar-refractivity contribution < 1.29 is 19.4 Å². The third-order valence-corrected chi connectivity index (χ3v) is 5.40. The number of nitrogens with one attached hydrogen (secondary N) is 1. The summed E-state index contributed by atoms with van der Waals surface area (Å²) >= 11 is 0. The summed E-state index contributed by atoms with van der Waals surface area (Å²) in [6.07, 6.45) is 8.13. The van der Waals surface area contributed by atoms with Crippen molar-refractivity contribution in [2.45, 2.75) is 64.0 Å². The van der Waals surface area contributed by atoms with Gasteiger partial charge in [-0.3, -0.25) is 9.59 Å². The Hall–Kier alpha value is -2.04. The van der Waals surface area contributed by atoms with E-state index in [9.17, 15) is 9.59 Å². The van der Waals surface area contributed by atoms with E-state index in [0.717, 1.165) is 24.2 Å². The lowest BCUT2D eigenvalue weighted by molar-refractivity contribution is -0.141. The van der Waals surface area contributed by atoms with Gasteiger partial charge in [0.25, 0.3) is 0 Å². The van der Waals surface area contributed by atoms with E-state index in [1.165, 1.54) is 19.3 Å². The molecule has 136 valence electrons. The molecule has 0 heterocycles. The van der Waals surface area contributed by atoms with Gasteiger partial charge in [-0.2, -0.15) is 0 Å². The molecule has 0 spiro atoms. The molecule has 5 nitrogen and oxygen atoms in total. The van der Waals surface area contributed by atoms with Gasteiger partial charge in [-0.25, -0.2) is 0 Å². The minimum absolute atomic E-state index is 0.0358. The largest absolute Gasteiger partial charge is 0.490 e. The Bertz CT molecular complexity index is 592. The van der Waals surface area contributed by atoms with Gasteiger partial charge >= 0.3 is 5.97 Å². The van der Waals surface area contributed by atoms with Crippen LogP contribution in [0.25, 0.3) is 0 Å². The van der Waals surface area contributed by atoms with Gasteiger partial charge in [0.15, 0.2) is 0 Å². The lowest BCUT2D eigenvalue weighted by atomic mass is 9.98. The number of ether oxygens (including phenoxy) is 1. The molecule has 0 radical (unpaired) electrons. The Labute approximate surface area is 148 Å². The number of carbonyl (C=O) groups excluding carboxylic acids is 1. The van der Waals surface area contributed by atoms with E-state index >= 15 is 0 Å². The zero-order chi connectivity index (χ0) is 17.6. The highest BCUT2D eigenvalue weighted by Crippen LogP contribution is 2.31. The first-order valence-corrected chi connectivity index (χ1v) is 9.38. The molecule has 25 heavy (non-hydrogen) atoms. The molecule has 1 aromatic rings. The maximum Gasteiger partial charge on any atom is 0.306 e. The number of aliphatic carboxylic acids is 1. The van der Waals surface area contributed by atoms with Crippen molar-refractivity contribution in [2.75, 3.05) is 0 Å². The maximum absolute atomic E-state index is 12.2. The van der Waals surface area contributed by atoms with Crippen molar-refractivity contribution in [1.82, 2.24) is 5.32 Å². The molecule has 0 aliphatic heterocycles. The van der Waals surface area contributed by atoms with Crippen LogP contribution in [0.4, 0.5) is 0 Å². The summed E-state index contributed by atoms with van der Waals surface area (Å²) in [5.74, 6) is -0.473. The van der Waals surface area contributed by atoms with Crippen LogP contribution in [0.5, 0.6) is 5.75 Å². The van der Waals surface area contributed by atoms with Gasteiger partial charge in [0.1, 0.15) is 5.75 Å². The molecule has 0 unspecified atom stereocenters. The highest BCUT2D eigenvalue weighted by molar-refractivity contribution is 5.80. The SMILES string of the molecule is O=C(O)[C@@H]1CC[C@H](C(=O)NCc2ccc(OC3CCCCC3)cc2)C1. The minimum Gasteiger partial charge on any atom is -0.490 e. The summed E-state index contributed by atoms with van der Waals surface area (Å²) in [4.78, 5) is 23.2. The number of rotatable bonds is 6. The van der Waals surface area contributed by atoms with E-state index in [1.807, 2.05) is 24.3 Å². The Kier molecular flexibility index (Phi) is 5.95. The maximum atomic E-state index is 12.2. The smallest absolute Gasteiger partial charge is 0.306 e. The van der Waals surface area contributed by atoms with Crippen LogP contribution in [0.3, 0.4) is 0 Å². The van der Waals surface area contributed by atoms with Crippen molar-refractivity contribution >= 4 is 11.9 Å². The molecule has 2 saturated carbocycles. The molecule has 2 atom stereocenters. The first kappa shape index (κ1) is 17.8. The van der Waals surface area contributed by atoms with Crippen LogP contribution in [0.15, 0.2) is 24.3 Å². The lowest BCUT2D eigenvalue weighted by Crippen LogP contribution is -2.29. The summed E-state index contributed by atoms with van der Waals surface area (Å²) < 4.78 is 6.01. The lowest BCUT2D eigenvalue weighted by Gasteiger charge is -2.23. The third-order valence-electron chi connectivity index (χ3n) is 5.40. The number of benzene rings is 1. The van der Waals surface area contributed by atoms with E-state index in [2.05, 4.69) is 5.32 Å². The summed E-state index contributed by atoms with van der Waals surface area (Å²) in [5.41, 5.74) is 1.03. The Morgan fingerprint density at radius 1 is 1.00 bits per heavy atom. The predicted molar refractivity (Wildman–Crippen MR) is 94.3 cm³/mol. The van der Waals surface area contributed by atoms with Crippen molar-refractivity contribution in [1.29, 1.82) is 0 Å². The van der Waals surface area contributed by atoms with Crippen LogP contribution < -0.4 is 10.1 Å². The summed E-state index contributed by atoms with van der Waals surface area (Å²) in [7, 11) is 0. The van der Waals surface area contributed by atoms with Gasteiger partial charge < -0.3 is 15.2 Å². The molecule has 3 rings (SSSR count). The van der Waals surface area contributed by atoms with Crippen LogP contribution in [0.2, 0.25) is 0 Å². The summed E-state index contributed by atoms with van der Waals surface area (Å²) in [6, 6.07) is 7.89. The van der Waals surface area contributed by atoms with E-state index in [1.54, 1.807) is 0 Å². The van der Waals surface area contributed by atoms with Gasteiger partial charge in [-0.05, 0) is 62.6 Å². The molecule has 0 saturated heterocycles. The number of carbonyl (C=O) groups is 2. The van der Waals surface area contributed by atoms with Crippen LogP contribution >= 0.6 is 0 Å². The Morgan fingerprint density at radius 3 is 2.32 bits per heavy atom. The predicted octanol–water partition coefficient (Wildman–Crippen LogP) is 3.52. The summed E-state index contributed by atoms with van der Waals surface area (Å²) in [6.45, 7) is 0.469. The molecule has 2 N–H and O–H groups in total. The molecular formula is C20H27NO4. The first-order chi connectivity index (χ1) is 12.1. The Morgan fingerprint density at radius 2 is 1.68 bits per heavy atom.